The van der Waals surface area contributed by atoms with Crippen molar-refractivity contribution in [2.75, 3.05) is 37.9 Å². The molecule has 66 heavy (non-hydrogen) atoms. The predicted octanol–water partition coefficient (Wildman–Crippen LogP) is 0.266. The molecule has 11 atom stereocenters. The van der Waals surface area contributed by atoms with Gasteiger partial charge in [0.2, 0.25) is 0 Å². The van der Waals surface area contributed by atoms with E-state index in [1.165, 1.54) is 34.9 Å². The van der Waals surface area contributed by atoms with Crippen molar-refractivity contribution < 1.29 is 57.8 Å². The maximum Gasteiger partial charge on any atom is 0.323 e. The Labute approximate surface area is 380 Å². The number of nitrogen functional groups attached to an aromatic ring is 1. The van der Waals surface area contributed by atoms with E-state index in [4.69, 9.17) is 45.6 Å². The fourth-order valence-corrected chi connectivity index (χ4v) is 7.74. The molecule has 0 aliphatic carbocycles. The Balaban J connectivity index is 1.27. The summed E-state index contributed by atoms with van der Waals surface area (Å²) in [4.78, 5) is 65.9. The highest BCUT2D eigenvalue weighted by atomic mass is 16.7. The Morgan fingerprint density at radius 3 is 2.00 bits per heavy atom. The van der Waals surface area contributed by atoms with Crippen molar-refractivity contribution in [2.24, 2.45) is 40.1 Å². The normalized spacial score (nSPS) is 26.9. The van der Waals surface area contributed by atoms with Crippen molar-refractivity contribution in [3.63, 3.8) is 0 Å². The van der Waals surface area contributed by atoms with E-state index in [9.17, 15) is 29.4 Å². The SMILES string of the molecule is C/N=C\[C@@]1(c2ccc3c(N)ncnn23)O[C@H](COC(=O)[C@@H](N)C(C)C)[C@@H](OC(=O)C(C)C)[C@H]1OC(=O)C(C)CNc1ncnn2c([C@]3(C)O[C@H](COC(=O)[C@H](N)C(C)C)[C@@H](O)[C@H]3O)ccc12. The highest BCUT2D eigenvalue weighted by Gasteiger charge is 2.62. The maximum absolute atomic E-state index is 14.3. The zero-order chi connectivity index (χ0) is 48.4. The lowest BCUT2D eigenvalue weighted by Crippen LogP contribution is -2.49. The minimum atomic E-state index is -1.80. The Bertz CT molecular complexity index is 2420. The van der Waals surface area contributed by atoms with E-state index in [0.717, 1.165) is 0 Å². The number of nitrogens with two attached hydrogens (primary N) is 3. The molecule has 23 nitrogen and oxygen atoms in total. The van der Waals surface area contributed by atoms with Gasteiger partial charge in [-0.05, 0) is 43.0 Å². The van der Waals surface area contributed by atoms with Crippen LogP contribution in [-0.2, 0) is 58.8 Å². The van der Waals surface area contributed by atoms with Crippen LogP contribution >= 0.6 is 0 Å². The molecule has 0 bridgehead atoms. The fourth-order valence-electron chi connectivity index (χ4n) is 7.74. The summed E-state index contributed by atoms with van der Waals surface area (Å²) in [5, 5.41) is 34.2. The van der Waals surface area contributed by atoms with Gasteiger partial charge in [-0.25, -0.2) is 19.0 Å². The lowest BCUT2D eigenvalue weighted by Gasteiger charge is -2.32. The van der Waals surface area contributed by atoms with Crippen LogP contribution in [0.4, 0.5) is 11.6 Å². The summed E-state index contributed by atoms with van der Waals surface area (Å²) in [7, 11) is 1.48. The zero-order valence-electron chi connectivity index (χ0n) is 38.4. The Morgan fingerprint density at radius 2 is 1.39 bits per heavy atom. The van der Waals surface area contributed by atoms with E-state index in [2.05, 4.69) is 30.5 Å². The van der Waals surface area contributed by atoms with Crippen molar-refractivity contribution in [2.45, 2.75) is 115 Å². The molecule has 1 unspecified atom stereocenters. The molecular weight excluding hydrogens is 863 g/mol. The van der Waals surface area contributed by atoms with E-state index < -0.39 is 102 Å². The number of esters is 4. The summed E-state index contributed by atoms with van der Waals surface area (Å²) in [6.07, 6.45) is -4.06. The highest BCUT2D eigenvalue weighted by molar-refractivity contribution is 5.80. The third kappa shape index (κ3) is 9.53. The number of hydrogen-bond donors (Lipinski definition) is 6. The van der Waals surface area contributed by atoms with Crippen LogP contribution in [0.25, 0.3) is 11.0 Å². The molecular formula is C43H61N11O12. The smallest absolute Gasteiger partial charge is 0.323 e. The molecule has 0 aromatic carbocycles. The van der Waals surface area contributed by atoms with E-state index in [0.29, 0.717) is 22.5 Å². The second-order valence-electron chi connectivity index (χ2n) is 17.8. The summed E-state index contributed by atoms with van der Waals surface area (Å²) in [5.41, 5.74) is 16.3. The number of aromatic nitrogens is 6. The molecule has 23 heteroatoms. The van der Waals surface area contributed by atoms with Crippen molar-refractivity contribution >= 4 is 52.8 Å². The third-order valence-corrected chi connectivity index (χ3v) is 12.0. The number of carbonyl (C=O) groups is 4. The van der Waals surface area contributed by atoms with Gasteiger partial charge in [0.05, 0.1) is 23.2 Å². The molecule has 0 radical (unpaired) electrons. The van der Waals surface area contributed by atoms with Crippen LogP contribution < -0.4 is 22.5 Å². The first-order valence-corrected chi connectivity index (χ1v) is 21.7. The zero-order valence-corrected chi connectivity index (χ0v) is 38.4. The molecule has 0 saturated carbocycles. The van der Waals surface area contributed by atoms with Gasteiger partial charge < -0.3 is 61.2 Å². The summed E-state index contributed by atoms with van der Waals surface area (Å²) in [6, 6.07) is 4.77. The van der Waals surface area contributed by atoms with Crippen LogP contribution in [-0.4, -0.2) is 145 Å². The Kier molecular flexibility index (Phi) is 15.0. The molecule has 4 aromatic rings. The number of aliphatic hydroxyl groups excluding tert-OH is 2. The first-order chi connectivity index (χ1) is 31.2. The first-order valence-electron chi connectivity index (χ1n) is 21.7. The molecule has 9 N–H and O–H groups in total. The van der Waals surface area contributed by atoms with E-state index in [-0.39, 0.29) is 36.5 Å². The molecule has 2 saturated heterocycles. The Hall–Kier alpha value is -5.85. The van der Waals surface area contributed by atoms with E-state index in [1.54, 1.807) is 79.7 Å². The average Bonchev–Trinajstić information content (AvgIpc) is 4.04. The van der Waals surface area contributed by atoms with Gasteiger partial charge in [-0.3, -0.25) is 24.2 Å². The van der Waals surface area contributed by atoms with Crippen molar-refractivity contribution in [1.82, 2.24) is 29.2 Å². The second-order valence-corrected chi connectivity index (χ2v) is 17.8. The van der Waals surface area contributed by atoms with Gasteiger partial charge in [0.25, 0.3) is 0 Å². The summed E-state index contributed by atoms with van der Waals surface area (Å²) in [6.45, 7) is 12.7. The van der Waals surface area contributed by atoms with Crippen LogP contribution in [0.15, 0.2) is 41.9 Å². The molecule has 2 aliphatic heterocycles. The van der Waals surface area contributed by atoms with Crippen LogP contribution in [0, 0.1) is 23.7 Å². The molecule has 360 valence electrons. The molecule has 4 aromatic heterocycles. The van der Waals surface area contributed by atoms with Gasteiger partial charge in [0, 0.05) is 19.8 Å². The van der Waals surface area contributed by atoms with Crippen LogP contribution in [0.2, 0.25) is 0 Å². The first kappa shape index (κ1) is 49.6. The van der Waals surface area contributed by atoms with Crippen molar-refractivity contribution in [3.05, 3.63) is 48.3 Å². The standard InChI is InChI=1S/C43H61N11O12/c1-20(2)30(44)40(59)61-15-26-32(55)34(56)42(8,65-26)28-12-11-25-37(50-19-52-54(25)28)48-14-23(7)39(58)64-35-33(63-38(57)22(5)6)27(16-62-41(60)31(45)21(3)4)66-43(35,17-47-9)29-13-10-24-36(46)49-18-51-53(24)29/h10-13,17-23,26-27,30-35,55-56H,14-16,44-45H2,1-9H3,(H2,46,49,51)(H,48,50,52)/b47-17-/t23?,26-,27-,30-,31+,32-,33-,34-,35-,42+,43+/m1/s1. The van der Waals surface area contributed by atoms with Gasteiger partial charge in [-0.1, -0.05) is 48.5 Å². The van der Waals surface area contributed by atoms with Gasteiger partial charge >= 0.3 is 23.9 Å². The van der Waals surface area contributed by atoms with Crippen molar-refractivity contribution in [3.8, 4) is 0 Å². The number of hydrogen-bond acceptors (Lipinski definition) is 21. The predicted molar refractivity (Wildman–Crippen MR) is 235 cm³/mol. The van der Waals surface area contributed by atoms with Crippen LogP contribution in [0.1, 0.15) is 66.8 Å². The summed E-state index contributed by atoms with van der Waals surface area (Å²) >= 11 is 0. The van der Waals surface area contributed by atoms with Gasteiger partial charge in [-0.15, -0.1) is 0 Å². The van der Waals surface area contributed by atoms with Gasteiger partial charge in [0.15, 0.2) is 29.4 Å². The lowest BCUT2D eigenvalue weighted by atomic mass is 9.91. The fraction of sp³-hybridized carbons (Fsp3) is 0.605. The monoisotopic (exact) mass is 923 g/mol. The molecule has 6 rings (SSSR count). The topological polar surface area (TPSA) is 327 Å². The maximum atomic E-state index is 14.3. The largest absolute Gasteiger partial charge is 0.462 e. The number of carbonyl (C=O) groups excluding carboxylic acids is 4. The van der Waals surface area contributed by atoms with E-state index >= 15 is 0 Å². The van der Waals surface area contributed by atoms with Crippen LogP contribution in [0.5, 0.6) is 0 Å². The molecule has 2 fully saturated rings. The molecule has 6 heterocycles. The number of aliphatic hydroxyl groups is 2. The Morgan fingerprint density at radius 1 is 0.818 bits per heavy atom. The van der Waals surface area contributed by atoms with Gasteiger partial charge in [0.1, 0.15) is 79.0 Å². The summed E-state index contributed by atoms with van der Waals surface area (Å²) in [5.74, 6) is -4.29. The minimum Gasteiger partial charge on any atom is -0.462 e. The second kappa shape index (κ2) is 19.9. The molecule has 0 amide bonds. The quantitative estimate of drug-likeness (QED) is 0.0443. The van der Waals surface area contributed by atoms with Gasteiger partial charge in [-0.2, -0.15) is 10.2 Å². The third-order valence-electron chi connectivity index (χ3n) is 12.0. The van der Waals surface area contributed by atoms with E-state index in [1.807, 2.05) is 0 Å². The van der Waals surface area contributed by atoms with Crippen molar-refractivity contribution in [1.29, 1.82) is 0 Å². The number of nitrogens with one attached hydrogen (secondary N) is 1. The highest BCUT2D eigenvalue weighted by Crippen LogP contribution is 2.44. The number of aliphatic imine (C=N–C) groups is 1. The number of ether oxygens (including phenoxy) is 6. The number of fused-ring (bicyclic) bond motifs is 2. The number of rotatable bonds is 18. The number of nitrogens with zero attached hydrogens (tertiary/aromatic N) is 7. The summed E-state index contributed by atoms with van der Waals surface area (Å²) < 4.78 is 39.1. The minimum absolute atomic E-state index is 0.0437. The number of anilines is 2. The lowest BCUT2D eigenvalue weighted by molar-refractivity contribution is -0.173. The molecule has 0 spiro atoms. The average molecular weight is 924 g/mol. The van der Waals surface area contributed by atoms with Crippen LogP contribution in [0.3, 0.4) is 0 Å². The molecule has 2 aliphatic rings.